The van der Waals surface area contributed by atoms with Crippen LogP contribution in [0.15, 0.2) is 59.4 Å². The summed E-state index contributed by atoms with van der Waals surface area (Å²) in [6.45, 7) is 0.930. The zero-order valence-corrected chi connectivity index (χ0v) is 19.1. The van der Waals surface area contributed by atoms with Crippen LogP contribution in [0.1, 0.15) is 42.7 Å². The summed E-state index contributed by atoms with van der Waals surface area (Å²) < 4.78 is 33.3. The molecule has 0 amide bonds. The summed E-state index contributed by atoms with van der Waals surface area (Å²) in [6.07, 6.45) is 3.47. The Morgan fingerprint density at radius 1 is 1.00 bits per heavy atom. The summed E-state index contributed by atoms with van der Waals surface area (Å²) >= 11 is 0. The van der Waals surface area contributed by atoms with E-state index in [0.29, 0.717) is 24.1 Å². The first kappa shape index (κ1) is 25.8. The maximum atomic E-state index is 14.0. The molecule has 0 aliphatic heterocycles. The quantitative estimate of drug-likeness (QED) is 0.262. The normalized spacial score (nSPS) is 12.8. The zero-order chi connectivity index (χ0) is 24.4. The van der Waals surface area contributed by atoms with Gasteiger partial charge in [0.15, 0.2) is 0 Å². The minimum Gasteiger partial charge on any atom is -0.506 e. The molecule has 6 nitrogen and oxygen atoms in total. The van der Waals surface area contributed by atoms with Crippen molar-refractivity contribution < 1.29 is 23.7 Å². The van der Waals surface area contributed by atoms with E-state index in [4.69, 9.17) is 4.74 Å². The first-order chi connectivity index (χ1) is 16.4. The third-order valence-electron chi connectivity index (χ3n) is 5.83. The molecule has 0 saturated heterocycles. The monoisotopic (exact) mass is 474 g/mol. The number of aromatic amines is 1. The zero-order valence-electron chi connectivity index (χ0n) is 19.1. The van der Waals surface area contributed by atoms with E-state index in [1.54, 1.807) is 30.3 Å². The molecule has 0 radical (unpaired) electrons. The average Bonchev–Trinajstić information content (AvgIpc) is 2.84. The fourth-order valence-electron chi connectivity index (χ4n) is 3.94. The van der Waals surface area contributed by atoms with Crippen molar-refractivity contribution in [3.05, 3.63) is 76.1 Å². The number of hydrogen-bond donors (Lipinski definition) is 4. The smallest absolute Gasteiger partial charge is 0.296 e. The molecule has 0 aliphatic rings. The second-order valence-corrected chi connectivity index (χ2v) is 8.41. The van der Waals surface area contributed by atoms with E-state index in [2.05, 4.69) is 10.3 Å². The number of pyridine rings is 1. The van der Waals surface area contributed by atoms with Gasteiger partial charge in [0.25, 0.3) is 5.92 Å². The lowest BCUT2D eigenvalue weighted by Gasteiger charge is -2.18. The number of nitrogens with one attached hydrogen (secondary N) is 2. The van der Waals surface area contributed by atoms with Gasteiger partial charge in [0.2, 0.25) is 5.56 Å². The van der Waals surface area contributed by atoms with Gasteiger partial charge in [0, 0.05) is 36.1 Å². The van der Waals surface area contributed by atoms with Gasteiger partial charge in [0.1, 0.15) is 12.4 Å². The van der Waals surface area contributed by atoms with Gasteiger partial charge in [-0.15, -0.1) is 0 Å². The van der Waals surface area contributed by atoms with Crippen LogP contribution in [-0.2, 0) is 10.7 Å². The number of halogens is 2. The number of phenolic OH excluding ortho intramolecular Hbond substituents is 1. The van der Waals surface area contributed by atoms with Gasteiger partial charge in [-0.3, -0.25) is 4.79 Å². The lowest BCUT2D eigenvalue weighted by molar-refractivity contribution is -0.0831. The molecule has 4 N–H and O–H groups in total. The molecule has 184 valence electrons. The fraction of sp³-hybridized carbons (Fsp3) is 0.423. The average molecular weight is 475 g/mol. The van der Waals surface area contributed by atoms with E-state index in [-0.39, 0.29) is 29.4 Å². The SMILES string of the molecule is O=c1ccc2c([C@@H](CO)CNCCCCCCOCC(F)(F)c3ccccc3)ccc(O)c2[nH]1. The highest BCUT2D eigenvalue weighted by Gasteiger charge is 2.31. The van der Waals surface area contributed by atoms with E-state index in [9.17, 15) is 23.8 Å². The van der Waals surface area contributed by atoms with Crippen LogP contribution in [0.3, 0.4) is 0 Å². The summed E-state index contributed by atoms with van der Waals surface area (Å²) in [5.41, 5.74) is 0.889. The molecule has 8 heteroatoms. The summed E-state index contributed by atoms with van der Waals surface area (Å²) in [5.74, 6) is -3.17. The number of aliphatic hydroxyl groups excluding tert-OH is 1. The number of H-pyrrole nitrogens is 1. The predicted octanol–water partition coefficient (Wildman–Crippen LogP) is 4.27. The topological polar surface area (TPSA) is 94.6 Å². The predicted molar refractivity (Wildman–Crippen MR) is 129 cm³/mol. The highest BCUT2D eigenvalue weighted by atomic mass is 19.3. The van der Waals surface area contributed by atoms with Crippen molar-refractivity contribution in [2.45, 2.75) is 37.5 Å². The number of fused-ring (bicyclic) bond motifs is 1. The number of unbranched alkanes of at least 4 members (excludes halogenated alkanes) is 3. The third kappa shape index (κ3) is 7.09. The van der Waals surface area contributed by atoms with E-state index < -0.39 is 12.5 Å². The van der Waals surface area contributed by atoms with Crippen LogP contribution in [-0.4, -0.2) is 48.1 Å². The Balaban J connectivity index is 1.32. The van der Waals surface area contributed by atoms with Crippen LogP contribution in [0, 0.1) is 0 Å². The van der Waals surface area contributed by atoms with Gasteiger partial charge in [-0.25, -0.2) is 0 Å². The van der Waals surface area contributed by atoms with Crippen molar-refractivity contribution in [3.8, 4) is 5.75 Å². The van der Waals surface area contributed by atoms with Gasteiger partial charge in [-0.1, -0.05) is 49.2 Å². The van der Waals surface area contributed by atoms with Crippen molar-refractivity contribution >= 4 is 10.9 Å². The summed E-state index contributed by atoms with van der Waals surface area (Å²) in [6, 6.07) is 14.0. The second kappa shape index (κ2) is 12.6. The lowest BCUT2D eigenvalue weighted by atomic mass is 9.95. The maximum absolute atomic E-state index is 14.0. The molecule has 1 heterocycles. The van der Waals surface area contributed by atoms with Gasteiger partial charge in [-0.05, 0) is 37.1 Å². The third-order valence-corrected chi connectivity index (χ3v) is 5.83. The molecule has 1 aromatic heterocycles. The van der Waals surface area contributed by atoms with E-state index in [1.807, 2.05) is 0 Å². The molecule has 3 rings (SSSR count). The van der Waals surface area contributed by atoms with Crippen LogP contribution in [0.2, 0.25) is 0 Å². The summed E-state index contributed by atoms with van der Waals surface area (Å²) in [5, 5.41) is 23.9. The first-order valence-corrected chi connectivity index (χ1v) is 11.6. The molecule has 0 bridgehead atoms. The maximum Gasteiger partial charge on any atom is 0.296 e. The van der Waals surface area contributed by atoms with Gasteiger partial charge in [-0.2, -0.15) is 8.78 Å². The molecule has 0 saturated carbocycles. The number of hydrogen-bond acceptors (Lipinski definition) is 5. The molecule has 34 heavy (non-hydrogen) atoms. The largest absolute Gasteiger partial charge is 0.506 e. The highest BCUT2D eigenvalue weighted by molar-refractivity contribution is 5.87. The van der Waals surface area contributed by atoms with Crippen molar-refractivity contribution in [1.29, 1.82) is 0 Å². The van der Waals surface area contributed by atoms with Crippen molar-refractivity contribution in [2.75, 3.05) is 32.9 Å². The Hall–Kier alpha value is -2.81. The number of aliphatic hydroxyl groups is 1. The van der Waals surface area contributed by atoms with E-state index in [1.165, 1.54) is 24.3 Å². The van der Waals surface area contributed by atoms with Crippen molar-refractivity contribution in [1.82, 2.24) is 10.3 Å². The Morgan fingerprint density at radius 2 is 1.76 bits per heavy atom. The molecule has 0 spiro atoms. The molecule has 0 aliphatic carbocycles. The van der Waals surface area contributed by atoms with Crippen LogP contribution in [0.4, 0.5) is 8.78 Å². The Morgan fingerprint density at radius 3 is 2.53 bits per heavy atom. The molecule has 2 aromatic carbocycles. The van der Waals surface area contributed by atoms with Gasteiger partial charge in [0.05, 0.1) is 12.1 Å². The van der Waals surface area contributed by atoms with Crippen LogP contribution >= 0.6 is 0 Å². The minimum atomic E-state index is -2.98. The second-order valence-electron chi connectivity index (χ2n) is 8.41. The molecule has 0 unspecified atom stereocenters. The summed E-state index contributed by atoms with van der Waals surface area (Å²) in [4.78, 5) is 14.2. The van der Waals surface area contributed by atoms with Crippen molar-refractivity contribution in [3.63, 3.8) is 0 Å². The molecule has 1 atom stereocenters. The van der Waals surface area contributed by atoms with Crippen molar-refractivity contribution in [2.24, 2.45) is 0 Å². The molecule has 0 fully saturated rings. The number of aromatic hydroxyl groups is 1. The van der Waals surface area contributed by atoms with Crippen LogP contribution in [0.25, 0.3) is 10.9 Å². The van der Waals surface area contributed by atoms with E-state index in [0.717, 1.165) is 37.8 Å². The van der Waals surface area contributed by atoms with Crippen LogP contribution in [0.5, 0.6) is 5.75 Å². The van der Waals surface area contributed by atoms with Gasteiger partial charge < -0.3 is 25.3 Å². The number of ether oxygens (including phenoxy) is 1. The van der Waals surface area contributed by atoms with E-state index >= 15 is 0 Å². The Kier molecular flexibility index (Phi) is 9.56. The Labute approximate surface area is 197 Å². The van der Waals surface area contributed by atoms with Gasteiger partial charge >= 0.3 is 0 Å². The minimum absolute atomic E-state index is 0.00568. The molecular weight excluding hydrogens is 442 g/mol. The van der Waals surface area contributed by atoms with Crippen LogP contribution < -0.4 is 10.9 Å². The fourth-order valence-corrected chi connectivity index (χ4v) is 3.94. The number of phenols is 1. The number of rotatable bonds is 14. The lowest BCUT2D eigenvalue weighted by Crippen LogP contribution is -2.25. The number of aromatic nitrogens is 1. The first-order valence-electron chi connectivity index (χ1n) is 11.6. The number of alkyl halides is 2. The highest BCUT2D eigenvalue weighted by Crippen LogP contribution is 2.30. The number of benzene rings is 2. The molecular formula is C26H32F2N2O4. The summed E-state index contributed by atoms with van der Waals surface area (Å²) in [7, 11) is 0. The molecule has 3 aromatic rings. The standard InChI is InChI=1S/C26H32F2N2O4/c27-26(28,20-8-4-3-5-9-20)18-34-15-7-2-1-6-14-29-16-19(17-31)21-10-12-23(32)25-22(21)11-13-24(33)30-25/h3-5,8-13,19,29,31-32H,1-2,6-7,14-18H2,(H,30,33)/t19-/m1/s1. The Bertz CT molecular complexity index is 1090.